The Kier molecular flexibility index (Phi) is 5.58. The number of carbonyl (C=O) groups excluding carboxylic acids is 1. The minimum Gasteiger partial charge on any atom is -0.298 e. The molecule has 0 spiro atoms. The van der Waals surface area contributed by atoms with Crippen LogP contribution in [0.25, 0.3) is 11.8 Å². The van der Waals surface area contributed by atoms with Gasteiger partial charge in [-0.25, -0.2) is 5.01 Å². The van der Waals surface area contributed by atoms with E-state index in [0.29, 0.717) is 10.9 Å². The second-order valence-electron chi connectivity index (χ2n) is 6.58. The summed E-state index contributed by atoms with van der Waals surface area (Å²) in [7, 11) is 0. The lowest BCUT2D eigenvalue weighted by atomic mass is 10.1. The molecule has 0 saturated carbocycles. The molecule has 0 radical (unpaired) electrons. The standard InChI is InChI=1S/C22H22N4OS/c1-2-3-15-28-22-24-21(27)20-17-11-7-8-12-18(17)23-19(26(20)25-22)14-13-16-9-5-4-6-10-16/h4-14,19H,2-3,15H2,1H3,(H,24,25,27)/b14-13+/t19-/m0/s1. The monoisotopic (exact) mass is 390 g/mol. The van der Waals surface area contributed by atoms with Gasteiger partial charge in [-0.2, -0.15) is 0 Å². The quantitative estimate of drug-likeness (QED) is 0.799. The van der Waals surface area contributed by atoms with Crippen LogP contribution >= 0.6 is 11.8 Å². The Morgan fingerprint density at radius 2 is 1.93 bits per heavy atom. The fourth-order valence-corrected chi connectivity index (χ4v) is 4.05. The first-order valence-electron chi connectivity index (χ1n) is 9.48. The first-order chi connectivity index (χ1) is 13.8. The van der Waals surface area contributed by atoms with Gasteiger partial charge < -0.3 is 0 Å². The summed E-state index contributed by atoms with van der Waals surface area (Å²) in [5, 5.41) is 11.7. The minimum absolute atomic E-state index is 0.130. The molecule has 28 heavy (non-hydrogen) atoms. The molecule has 2 aliphatic heterocycles. The van der Waals surface area contributed by atoms with E-state index in [1.165, 1.54) is 0 Å². The molecule has 0 unspecified atom stereocenters. The first-order valence-corrected chi connectivity index (χ1v) is 10.5. The topological polar surface area (TPSA) is 57.1 Å². The van der Waals surface area contributed by atoms with Crippen molar-refractivity contribution in [2.75, 3.05) is 5.75 Å². The molecule has 0 aromatic heterocycles. The van der Waals surface area contributed by atoms with Gasteiger partial charge in [-0.15, -0.1) is 5.10 Å². The lowest BCUT2D eigenvalue weighted by molar-refractivity contribution is -0.116. The van der Waals surface area contributed by atoms with Gasteiger partial charge in [0.05, 0.1) is 5.36 Å². The van der Waals surface area contributed by atoms with Crippen LogP contribution in [0, 0.1) is 0 Å². The fourth-order valence-electron chi connectivity index (χ4n) is 3.12. The summed E-state index contributed by atoms with van der Waals surface area (Å²) in [5.74, 6) is 0.797. The molecule has 142 valence electrons. The van der Waals surface area contributed by atoms with Crippen LogP contribution in [0.3, 0.4) is 0 Å². The van der Waals surface area contributed by atoms with Crippen molar-refractivity contribution in [1.82, 2.24) is 10.3 Å². The van der Waals surface area contributed by atoms with Crippen LogP contribution in [0.2, 0.25) is 0 Å². The largest absolute Gasteiger partial charge is 0.298 e. The molecular formula is C22H22N4OS. The summed E-state index contributed by atoms with van der Waals surface area (Å²) in [6.45, 7) is 2.15. The smallest absolute Gasteiger partial charge is 0.276 e. The van der Waals surface area contributed by atoms with Crippen molar-refractivity contribution in [3.63, 3.8) is 0 Å². The van der Waals surface area contributed by atoms with E-state index in [-0.39, 0.29) is 12.1 Å². The average molecular weight is 391 g/mol. The maximum atomic E-state index is 12.9. The second kappa shape index (κ2) is 8.44. The molecule has 2 heterocycles. The highest BCUT2D eigenvalue weighted by molar-refractivity contribution is 8.13. The van der Waals surface area contributed by atoms with Gasteiger partial charge in [0, 0.05) is 11.0 Å². The van der Waals surface area contributed by atoms with Gasteiger partial charge in [0.1, 0.15) is 5.70 Å². The number of amidine groups is 1. The number of amides is 1. The molecular weight excluding hydrogens is 368 g/mol. The number of nitrogens with one attached hydrogen (secondary N) is 1. The zero-order valence-corrected chi connectivity index (χ0v) is 16.5. The number of rotatable bonds is 5. The number of carbonyl (C=O) groups is 1. The first kappa shape index (κ1) is 18.5. The van der Waals surface area contributed by atoms with Gasteiger partial charge >= 0.3 is 0 Å². The molecule has 0 aliphatic carbocycles. The van der Waals surface area contributed by atoms with Crippen LogP contribution < -0.4 is 15.9 Å². The molecule has 1 atom stereocenters. The predicted molar refractivity (Wildman–Crippen MR) is 115 cm³/mol. The summed E-state index contributed by atoms with van der Waals surface area (Å²) >= 11 is 1.58. The third kappa shape index (κ3) is 3.87. The van der Waals surface area contributed by atoms with Crippen LogP contribution in [0.5, 0.6) is 0 Å². The van der Waals surface area contributed by atoms with Crippen molar-refractivity contribution in [2.24, 2.45) is 10.1 Å². The summed E-state index contributed by atoms with van der Waals surface area (Å²) in [6, 6.07) is 17.8. The normalized spacial score (nSPS) is 18.2. The van der Waals surface area contributed by atoms with Gasteiger partial charge in [0.25, 0.3) is 5.91 Å². The molecule has 0 bridgehead atoms. The van der Waals surface area contributed by atoms with E-state index in [1.807, 2.05) is 66.7 Å². The van der Waals surface area contributed by atoms with Crippen LogP contribution in [0.15, 0.2) is 70.8 Å². The Morgan fingerprint density at radius 1 is 1.14 bits per heavy atom. The van der Waals surface area contributed by atoms with Crippen molar-refractivity contribution in [3.05, 3.63) is 76.8 Å². The number of para-hydroxylation sites is 1. The molecule has 2 aromatic rings. The van der Waals surface area contributed by atoms with E-state index in [4.69, 9.17) is 10.1 Å². The molecule has 6 heteroatoms. The average Bonchev–Trinajstić information content (AvgIpc) is 2.73. The van der Waals surface area contributed by atoms with Gasteiger partial charge in [-0.3, -0.25) is 15.1 Å². The lowest BCUT2D eigenvalue weighted by Gasteiger charge is -2.32. The summed E-state index contributed by atoms with van der Waals surface area (Å²) in [5.41, 5.74) is 1.63. The van der Waals surface area contributed by atoms with E-state index >= 15 is 0 Å². The SMILES string of the molecule is CCCCSC1=NN2C(=c3ccccc3=N[C@@H]2/C=C/c2ccccc2)C(=O)N1. The Morgan fingerprint density at radius 3 is 2.75 bits per heavy atom. The Labute approximate surface area is 168 Å². The Balaban J connectivity index is 1.74. The maximum Gasteiger partial charge on any atom is 0.276 e. The Hall–Kier alpha value is -2.86. The van der Waals surface area contributed by atoms with Crippen molar-refractivity contribution in [3.8, 4) is 0 Å². The van der Waals surface area contributed by atoms with Gasteiger partial charge in [-0.05, 0) is 24.1 Å². The molecule has 2 aliphatic rings. The van der Waals surface area contributed by atoms with Gasteiger partial charge in [0.15, 0.2) is 11.3 Å². The number of nitrogens with zero attached hydrogens (tertiary/aromatic N) is 3. The molecule has 2 aromatic carbocycles. The third-order valence-corrected chi connectivity index (χ3v) is 5.49. The van der Waals surface area contributed by atoms with Crippen molar-refractivity contribution in [1.29, 1.82) is 0 Å². The summed E-state index contributed by atoms with van der Waals surface area (Å²) < 4.78 is 0. The zero-order valence-electron chi connectivity index (χ0n) is 15.7. The number of benzene rings is 2. The van der Waals surface area contributed by atoms with E-state index in [1.54, 1.807) is 16.8 Å². The molecule has 0 fully saturated rings. The van der Waals surface area contributed by atoms with Crippen LogP contribution in [0.4, 0.5) is 0 Å². The zero-order chi connectivity index (χ0) is 19.3. The molecule has 1 amide bonds. The van der Waals surface area contributed by atoms with E-state index in [9.17, 15) is 4.79 Å². The highest BCUT2D eigenvalue weighted by atomic mass is 32.2. The van der Waals surface area contributed by atoms with Gasteiger partial charge in [0.2, 0.25) is 0 Å². The van der Waals surface area contributed by atoms with Crippen molar-refractivity contribution < 1.29 is 4.79 Å². The van der Waals surface area contributed by atoms with Crippen molar-refractivity contribution >= 4 is 34.6 Å². The molecule has 0 saturated heterocycles. The van der Waals surface area contributed by atoms with E-state index in [0.717, 1.165) is 34.7 Å². The van der Waals surface area contributed by atoms with E-state index in [2.05, 4.69) is 12.2 Å². The minimum atomic E-state index is -0.363. The number of hydrogen-bond acceptors (Lipinski definition) is 5. The van der Waals surface area contributed by atoms with Crippen LogP contribution in [-0.2, 0) is 4.79 Å². The summed E-state index contributed by atoms with van der Waals surface area (Å²) in [4.78, 5) is 17.7. The highest BCUT2D eigenvalue weighted by Crippen LogP contribution is 2.22. The number of hydrazone groups is 1. The van der Waals surface area contributed by atoms with Crippen LogP contribution in [0.1, 0.15) is 25.3 Å². The van der Waals surface area contributed by atoms with E-state index < -0.39 is 0 Å². The number of fused-ring (bicyclic) bond motifs is 2. The third-order valence-electron chi connectivity index (χ3n) is 4.54. The number of hydrogen-bond donors (Lipinski definition) is 1. The van der Waals surface area contributed by atoms with Crippen molar-refractivity contribution in [2.45, 2.75) is 25.9 Å². The van der Waals surface area contributed by atoms with Crippen LogP contribution in [-0.4, -0.2) is 28.0 Å². The Bertz CT molecular complexity index is 1050. The number of thioether (sulfide) groups is 1. The highest BCUT2D eigenvalue weighted by Gasteiger charge is 2.32. The molecule has 4 rings (SSSR count). The fraction of sp³-hybridized carbons (Fsp3) is 0.227. The predicted octanol–water partition coefficient (Wildman–Crippen LogP) is 2.70. The number of unbranched alkanes of at least 4 members (excludes halogenated alkanes) is 1. The van der Waals surface area contributed by atoms with Gasteiger partial charge in [-0.1, -0.05) is 79.7 Å². The second-order valence-corrected chi connectivity index (χ2v) is 7.67. The lowest BCUT2D eigenvalue weighted by Crippen LogP contribution is -2.52. The summed E-state index contributed by atoms with van der Waals surface area (Å²) in [6.07, 6.45) is 5.84. The maximum absolute atomic E-state index is 12.9. The molecule has 1 N–H and O–H groups in total. The molecule has 5 nitrogen and oxygen atoms in total.